The van der Waals surface area contributed by atoms with E-state index in [9.17, 15) is 18.0 Å². The van der Waals surface area contributed by atoms with Crippen molar-refractivity contribution in [2.75, 3.05) is 18.4 Å². The molecule has 0 atom stereocenters. The fourth-order valence-electron chi connectivity index (χ4n) is 3.84. The first-order valence-electron chi connectivity index (χ1n) is 9.86. The molecular weight excluding hydrogens is 404 g/mol. The molecule has 1 N–H and O–H groups in total. The van der Waals surface area contributed by atoms with Crippen molar-refractivity contribution in [2.24, 2.45) is 14.1 Å². The summed E-state index contributed by atoms with van der Waals surface area (Å²) in [7, 11) is -0.251. The molecule has 0 unspecified atom stereocenters. The highest BCUT2D eigenvalue weighted by molar-refractivity contribution is 7.89. The predicted octanol–water partition coefficient (Wildman–Crippen LogP) is 2.30. The van der Waals surface area contributed by atoms with E-state index in [1.54, 1.807) is 44.4 Å². The van der Waals surface area contributed by atoms with Crippen molar-refractivity contribution in [1.82, 2.24) is 13.4 Å². The maximum absolute atomic E-state index is 12.9. The van der Waals surface area contributed by atoms with Crippen LogP contribution in [0.25, 0.3) is 11.0 Å². The zero-order valence-electron chi connectivity index (χ0n) is 17.0. The molecule has 0 spiro atoms. The van der Waals surface area contributed by atoms with E-state index in [4.69, 9.17) is 0 Å². The lowest BCUT2D eigenvalue weighted by Crippen LogP contribution is -2.35. The summed E-state index contributed by atoms with van der Waals surface area (Å²) in [4.78, 5) is 25.0. The lowest BCUT2D eigenvalue weighted by molar-refractivity contribution is 0.102. The highest BCUT2D eigenvalue weighted by Gasteiger charge is 2.26. The summed E-state index contributed by atoms with van der Waals surface area (Å²) >= 11 is 0. The molecule has 1 aliphatic heterocycles. The van der Waals surface area contributed by atoms with Gasteiger partial charge in [0, 0.05) is 38.4 Å². The van der Waals surface area contributed by atoms with E-state index in [0.29, 0.717) is 24.3 Å². The molecule has 1 saturated heterocycles. The van der Waals surface area contributed by atoms with Crippen molar-refractivity contribution in [2.45, 2.75) is 24.2 Å². The van der Waals surface area contributed by atoms with Crippen molar-refractivity contribution in [3.63, 3.8) is 0 Å². The topological polar surface area (TPSA) is 93.4 Å². The monoisotopic (exact) mass is 428 g/mol. The molecule has 4 rings (SSSR count). The lowest BCUT2D eigenvalue weighted by atomic mass is 10.2. The number of carbonyl (C=O) groups excluding carboxylic acids is 1. The standard InChI is InChI=1S/C21H24N4O4S/c1-23-18-10-9-16(14-19(18)24(2)21(23)27)22-20(26)15-7-6-8-17(13-15)30(28,29)25-11-4-3-5-12-25/h6-10,13-14H,3-5,11-12H2,1-2H3,(H,22,26). The molecule has 158 valence electrons. The van der Waals surface area contributed by atoms with Crippen LogP contribution < -0.4 is 11.0 Å². The van der Waals surface area contributed by atoms with E-state index in [1.165, 1.54) is 25.6 Å². The number of amides is 1. The van der Waals surface area contributed by atoms with Gasteiger partial charge in [-0.1, -0.05) is 12.5 Å². The van der Waals surface area contributed by atoms with Crippen LogP contribution in [0.1, 0.15) is 29.6 Å². The Morgan fingerprint density at radius 1 is 0.933 bits per heavy atom. The maximum Gasteiger partial charge on any atom is 0.328 e. The molecule has 0 aliphatic carbocycles. The first-order valence-corrected chi connectivity index (χ1v) is 11.3. The van der Waals surface area contributed by atoms with Crippen molar-refractivity contribution >= 4 is 32.7 Å². The van der Waals surface area contributed by atoms with E-state index in [-0.39, 0.29) is 16.1 Å². The second-order valence-corrected chi connectivity index (χ2v) is 9.49. The molecule has 1 aliphatic rings. The fraction of sp³-hybridized carbons (Fsp3) is 0.333. The number of piperidine rings is 1. The van der Waals surface area contributed by atoms with Crippen LogP contribution in [-0.2, 0) is 24.1 Å². The van der Waals surface area contributed by atoms with Gasteiger partial charge in [-0.15, -0.1) is 0 Å². The third-order valence-electron chi connectivity index (χ3n) is 5.58. The van der Waals surface area contributed by atoms with Crippen molar-refractivity contribution in [3.05, 3.63) is 58.5 Å². The molecule has 1 amide bonds. The zero-order valence-corrected chi connectivity index (χ0v) is 17.8. The zero-order chi connectivity index (χ0) is 21.5. The summed E-state index contributed by atoms with van der Waals surface area (Å²) in [6.07, 6.45) is 2.74. The molecule has 2 aromatic carbocycles. The van der Waals surface area contributed by atoms with E-state index >= 15 is 0 Å². The summed E-state index contributed by atoms with van der Waals surface area (Å²) in [6, 6.07) is 11.3. The number of rotatable bonds is 4. The number of hydrogen-bond donors (Lipinski definition) is 1. The normalized spacial score (nSPS) is 15.4. The van der Waals surface area contributed by atoms with Gasteiger partial charge in [0.05, 0.1) is 15.9 Å². The van der Waals surface area contributed by atoms with Gasteiger partial charge in [-0.2, -0.15) is 4.31 Å². The van der Waals surface area contributed by atoms with E-state index < -0.39 is 15.9 Å². The third kappa shape index (κ3) is 3.54. The molecule has 0 saturated carbocycles. The van der Waals surface area contributed by atoms with Crippen molar-refractivity contribution in [1.29, 1.82) is 0 Å². The van der Waals surface area contributed by atoms with Gasteiger partial charge in [0.15, 0.2) is 0 Å². The van der Waals surface area contributed by atoms with E-state index in [0.717, 1.165) is 24.8 Å². The minimum absolute atomic E-state index is 0.123. The van der Waals surface area contributed by atoms with Gasteiger partial charge in [-0.25, -0.2) is 13.2 Å². The number of anilines is 1. The van der Waals surface area contributed by atoms with Gasteiger partial charge in [0.1, 0.15) is 0 Å². The third-order valence-corrected chi connectivity index (χ3v) is 7.47. The maximum atomic E-state index is 12.9. The summed E-state index contributed by atoms with van der Waals surface area (Å²) < 4.78 is 30.3. The van der Waals surface area contributed by atoms with Crippen molar-refractivity contribution in [3.8, 4) is 0 Å². The Balaban J connectivity index is 1.60. The van der Waals surface area contributed by atoms with Gasteiger partial charge < -0.3 is 5.32 Å². The van der Waals surface area contributed by atoms with Gasteiger partial charge in [0.25, 0.3) is 5.91 Å². The highest BCUT2D eigenvalue weighted by Crippen LogP contribution is 2.22. The summed E-state index contributed by atoms with van der Waals surface area (Å²) in [5, 5.41) is 2.79. The largest absolute Gasteiger partial charge is 0.328 e. The van der Waals surface area contributed by atoms with Crippen molar-refractivity contribution < 1.29 is 13.2 Å². The lowest BCUT2D eigenvalue weighted by Gasteiger charge is -2.26. The summed E-state index contributed by atoms with van der Waals surface area (Å²) in [5.41, 5.74) is 2.09. The van der Waals surface area contributed by atoms with Gasteiger partial charge in [-0.3, -0.25) is 13.9 Å². The molecule has 9 heteroatoms. The Labute approximate surface area is 174 Å². The Morgan fingerprint density at radius 3 is 2.37 bits per heavy atom. The quantitative estimate of drug-likeness (QED) is 0.690. The smallest absolute Gasteiger partial charge is 0.322 e. The number of nitrogens with zero attached hydrogens (tertiary/aromatic N) is 3. The average Bonchev–Trinajstić information content (AvgIpc) is 2.98. The minimum Gasteiger partial charge on any atom is -0.322 e. The molecule has 8 nitrogen and oxygen atoms in total. The van der Waals surface area contributed by atoms with Crippen LogP contribution in [0.3, 0.4) is 0 Å². The first-order chi connectivity index (χ1) is 14.3. The van der Waals surface area contributed by atoms with Gasteiger partial charge in [-0.05, 0) is 49.2 Å². The molecular formula is C21H24N4O4S. The molecule has 1 fully saturated rings. The number of hydrogen-bond acceptors (Lipinski definition) is 4. The molecule has 2 heterocycles. The van der Waals surface area contributed by atoms with Crippen LogP contribution in [0, 0.1) is 0 Å². The SMILES string of the molecule is Cn1c(=O)n(C)c2cc(NC(=O)c3cccc(S(=O)(=O)N4CCCCC4)c3)ccc21. The first kappa shape index (κ1) is 20.4. The Bertz CT molecular complexity index is 1280. The Morgan fingerprint density at radius 2 is 1.63 bits per heavy atom. The Hall–Kier alpha value is -2.91. The number of fused-ring (bicyclic) bond motifs is 1. The van der Waals surface area contributed by atoms with Crippen LogP contribution in [0.15, 0.2) is 52.2 Å². The summed E-state index contributed by atoms with van der Waals surface area (Å²) in [6.45, 7) is 1.02. The van der Waals surface area contributed by atoms with Gasteiger partial charge >= 0.3 is 5.69 Å². The van der Waals surface area contributed by atoms with Crippen LogP contribution in [0.5, 0.6) is 0 Å². The number of imidazole rings is 1. The second-order valence-electron chi connectivity index (χ2n) is 7.55. The molecule has 3 aromatic rings. The number of carbonyl (C=O) groups is 1. The van der Waals surface area contributed by atoms with Crippen LogP contribution in [-0.4, -0.2) is 40.9 Å². The molecule has 1 aromatic heterocycles. The minimum atomic E-state index is -3.61. The fourth-order valence-corrected chi connectivity index (χ4v) is 5.40. The number of aromatic nitrogens is 2. The van der Waals surface area contributed by atoms with E-state index in [1.807, 2.05) is 0 Å². The Kier molecular flexibility index (Phi) is 5.25. The molecule has 30 heavy (non-hydrogen) atoms. The van der Waals surface area contributed by atoms with Crippen LogP contribution >= 0.6 is 0 Å². The number of aryl methyl sites for hydroxylation is 2. The highest BCUT2D eigenvalue weighted by atomic mass is 32.2. The van der Waals surface area contributed by atoms with Crippen LogP contribution in [0.4, 0.5) is 5.69 Å². The number of benzene rings is 2. The average molecular weight is 429 g/mol. The van der Waals surface area contributed by atoms with Crippen LogP contribution in [0.2, 0.25) is 0 Å². The van der Waals surface area contributed by atoms with E-state index in [2.05, 4.69) is 5.32 Å². The summed E-state index contributed by atoms with van der Waals surface area (Å²) in [5.74, 6) is -0.411. The molecule has 0 radical (unpaired) electrons. The molecule has 0 bridgehead atoms. The number of sulfonamides is 1. The predicted molar refractivity (Wildman–Crippen MR) is 115 cm³/mol. The second kappa shape index (κ2) is 7.73. The number of nitrogens with one attached hydrogen (secondary N) is 1. The van der Waals surface area contributed by atoms with Gasteiger partial charge in [0.2, 0.25) is 10.0 Å².